The number of hydrogen-bond donors (Lipinski definition) is 3. The zero-order valence-electron chi connectivity index (χ0n) is 20.3. The second-order valence-corrected chi connectivity index (χ2v) is 8.53. The van der Waals surface area contributed by atoms with Gasteiger partial charge < -0.3 is 26.3 Å². The average Bonchev–Trinajstić information content (AvgIpc) is 3.28. The molecule has 5 N–H and O–H groups in total. The first-order valence-electron chi connectivity index (χ1n) is 11.2. The zero-order valence-corrected chi connectivity index (χ0v) is 21.1. The van der Waals surface area contributed by atoms with Gasteiger partial charge in [-0.2, -0.15) is 4.37 Å². The van der Waals surface area contributed by atoms with E-state index in [0.717, 1.165) is 17.1 Å². The predicted octanol–water partition coefficient (Wildman–Crippen LogP) is 2.55. The van der Waals surface area contributed by atoms with E-state index in [1.807, 2.05) is 19.1 Å². The molecule has 1 atom stereocenters. The molecule has 11 heteroatoms. The number of amides is 3. The van der Waals surface area contributed by atoms with Crippen molar-refractivity contribution in [3.8, 4) is 5.75 Å². The van der Waals surface area contributed by atoms with Crippen LogP contribution in [0, 0.1) is 0 Å². The molecule has 3 rings (SSSR count). The second kappa shape index (κ2) is 12.1. The number of methoxy groups -OCH3 is 2. The molecule has 0 fully saturated rings. The third-order valence-corrected chi connectivity index (χ3v) is 6.40. The third-order valence-electron chi connectivity index (χ3n) is 5.55. The number of nitrogens with two attached hydrogens (primary N) is 2. The van der Waals surface area contributed by atoms with Crippen LogP contribution in [0.15, 0.2) is 48.5 Å². The van der Waals surface area contributed by atoms with E-state index in [1.165, 1.54) is 12.0 Å². The molecule has 0 bridgehead atoms. The summed E-state index contributed by atoms with van der Waals surface area (Å²) in [6.07, 6.45) is 0.602. The molecule has 0 saturated heterocycles. The summed E-state index contributed by atoms with van der Waals surface area (Å²) in [6.45, 7) is 2.49. The number of para-hydroxylation sites is 1. The molecule has 0 spiro atoms. The molecule has 0 aliphatic heterocycles. The van der Waals surface area contributed by atoms with Crippen molar-refractivity contribution < 1.29 is 23.9 Å². The molecule has 0 aliphatic rings. The topological polar surface area (TPSA) is 150 Å². The SMILES string of the molecule is CCc1ccccc1N(C(=O)c1snc(C(N)=O)c1N)C(C(=O)NCCOC)c1ccc(OC)cc1. The van der Waals surface area contributed by atoms with Crippen LogP contribution in [0.25, 0.3) is 0 Å². The number of anilines is 2. The summed E-state index contributed by atoms with van der Waals surface area (Å²) in [5, 5.41) is 2.84. The zero-order chi connectivity index (χ0) is 26.2. The fourth-order valence-electron chi connectivity index (χ4n) is 3.73. The molecular formula is C25H29N5O5S. The van der Waals surface area contributed by atoms with Crippen molar-refractivity contribution in [3.05, 3.63) is 70.2 Å². The van der Waals surface area contributed by atoms with Gasteiger partial charge in [-0.05, 0) is 47.3 Å². The van der Waals surface area contributed by atoms with Crippen molar-refractivity contribution in [2.75, 3.05) is 38.0 Å². The Balaban J connectivity index is 2.22. The first-order chi connectivity index (χ1) is 17.3. The molecule has 3 amide bonds. The highest BCUT2D eigenvalue weighted by Crippen LogP contribution is 2.35. The minimum absolute atomic E-state index is 0.0120. The van der Waals surface area contributed by atoms with E-state index >= 15 is 0 Å². The van der Waals surface area contributed by atoms with E-state index in [9.17, 15) is 14.4 Å². The molecule has 1 aromatic heterocycles. The fraction of sp³-hybridized carbons (Fsp3) is 0.280. The van der Waals surface area contributed by atoms with Gasteiger partial charge in [0.15, 0.2) is 5.69 Å². The highest BCUT2D eigenvalue weighted by atomic mass is 32.1. The van der Waals surface area contributed by atoms with E-state index in [1.54, 1.807) is 43.5 Å². The van der Waals surface area contributed by atoms with Crippen molar-refractivity contribution in [1.29, 1.82) is 0 Å². The highest BCUT2D eigenvalue weighted by molar-refractivity contribution is 7.09. The largest absolute Gasteiger partial charge is 0.497 e. The molecule has 36 heavy (non-hydrogen) atoms. The number of primary amides is 1. The van der Waals surface area contributed by atoms with Gasteiger partial charge in [0.25, 0.3) is 11.8 Å². The van der Waals surface area contributed by atoms with E-state index in [2.05, 4.69) is 9.69 Å². The fourth-order valence-corrected chi connectivity index (χ4v) is 4.47. The maximum absolute atomic E-state index is 14.1. The van der Waals surface area contributed by atoms with Crippen LogP contribution in [0.3, 0.4) is 0 Å². The number of aromatic nitrogens is 1. The Kier molecular flexibility index (Phi) is 8.98. The smallest absolute Gasteiger partial charge is 0.273 e. The molecule has 0 radical (unpaired) electrons. The van der Waals surface area contributed by atoms with Crippen LogP contribution in [-0.2, 0) is 16.0 Å². The Hall–Kier alpha value is -3.96. The molecular weight excluding hydrogens is 482 g/mol. The number of ether oxygens (including phenoxy) is 2. The first-order valence-corrected chi connectivity index (χ1v) is 12.0. The van der Waals surface area contributed by atoms with Crippen molar-refractivity contribution in [2.45, 2.75) is 19.4 Å². The quantitative estimate of drug-likeness (QED) is 0.335. The lowest BCUT2D eigenvalue weighted by atomic mass is 10.00. The van der Waals surface area contributed by atoms with Crippen LogP contribution < -0.4 is 26.4 Å². The van der Waals surface area contributed by atoms with Gasteiger partial charge >= 0.3 is 0 Å². The Bertz CT molecular complexity index is 1230. The Morgan fingerprint density at radius 2 is 1.81 bits per heavy atom. The first kappa shape index (κ1) is 26.6. The molecule has 1 unspecified atom stereocenters. The minimum atomic E-state index is -1.08. The molecule has 3 aromatic rings. The third kappa shape index (κ3) is 5.64. The van der Waals surface area contributed by atoms with Crippen molar-refractivity contribution >= 4 is 40.6 Å². The molecule has 10 nitrogen and oxygen atoms in total. The standard InChI is InChI=1S/C25H29N5O5S/c1-4-15-7-5-6-8-18(15)30(25(33)22-19(26)20(23(27)31)29-36-22)21(24(32)28-13-14-34-2)16-9-11-17(35-3)12-10-16/h5-12,21H,4,13-14,26H2,1-3H3,(H2,27,31)(H,28,32). The molecule has 0 saturated carbocycles. The van der Waals surface area contributed by atoms with E-state index < -0.39 is 23.8 Å². The van der Waals surface area contributed by atoms with Gasteiger partial charge in [-0.1, -0.05) is 37.3 Å². The summed E-state index contributed by atoms with van der Waals surface area (Å²) in [6, 6.07) is 13.1. The summed E-state index contributed by atoms with van der Waals surface area (Å²) in [7, 11) is 3.07. The molecule has 2 aromatic carbocycles. The second-order valence-electron chi connectivity index (χ2n) is 7.76. The summed E-state index contributed by atoms with van der Waals surface area (Å²) in [5.41, 5.74) is 13.1. The van der Waals surface area contributed by atoms with Crippen molar-refractivity contribution in [2.24, 2.45) is 5.73 Å². The number of rotatable bonds is 11. The molecule has 1 heterocycles. The van der Waals surface area contributed by atoms with E-state index in [-0.39, 0.29) is 22.8 Å². The van der Waals surface area contributed by atoms with Gasteiger partial charge in [-0.15, -0.1) is 0 Å². The number of aryl methyl sites for hydroxylation is 1. The van der Waals surface area contributed by atoms with Crippen molar-refractivity contribution in [1.82, 2.24) is 9.69 Å². The highest BCUT2D eigenvalue weighted by Gasteiger charge is 2.36. The number of nitrogens with zero attached hydrogens (tertiary/aromatic N) is 2. The van der Waals surface area contributed by atoms with Gasteiger partial charge in [0.1, 0.15) is 16.7 Å². The van der Waals surface area contributed by atoms with E-state index in [0.29, 0.717) is 30.0 Å². The van der Waals surface area contributed by atoms with Crippen LogP contribution in [0.4, 0.5) is 11.4 Å². The number of nitrogen functional groups attached to an aromatic ring is 1. The maximum atomic E-state index is 14.1. The van der Waals surface area contributed by atoms with Crippen LogP contribution in [-0.4, -0.2) is 49.5 Å². The maximum Gasteiger partial charge on any atom is 0.273 e. The monoisotopic (exact) mass is 511 g/mol. The van der Waals surface area contributed by atoms with Gasteiger partial charge in [0, 0.05) is 19.3 Å². The lowest BCUT2D eigenvalue weighted by Crippen LogP contribution is -2.45. The Morgan fingerprint density at radius 1 is 1.11 bits per heavy atom. The van der Waals surface area contributed by atoms with Crippen molar-refractivity contribution in [3.63, 3.8) is 0 Å². The minimum Gasteiger partial charge on any atom is -0.497 e. The average molecular weight is 512 g/mol. The van der Waals surface area contributed by atoms with Crippen LogP contribution in [0.5, 0.6) is 5.75 Å². The van der Waals surface area contributed by atoms with Crippen LogP contribution in [0.1, 0.15) is 44.3 Å². The van der Waals surface area contributed by atoms with Gasteiger partial charge in [0.2, 0.25) is 5.91 Å². The number of hydrogen-bond acceptors (Lipinski definition) is 8. The summed E-state index contributed by atoms with van der Waals surface area (Å²) in [4.78, 5) is 40.8. The van der Waals surface area contributed by atoms with Crippen LogP contribution >= 0.6 is 11.5 Å². The van der Waals surface area contributed by atoms with E-state index in [4.69, 9.17) is 20.9 Å². The number of nitrogens with one attached hydrogen (secondary N) is 1. The lowest BCUT2D eigenvalue weighted by Gasteiger charge is -2.32. The van der Waals surface area contributed by atoms with Crippen LogP contribution in [0.2, 0.25) is 0 Å². The number of carbonyl (C=O) groups excluding carboxylic acids is 3. The number of carbonyl (C=O) groups is 3. The normalized spacial score (nSPS) is 11.5. The summed E-state index contributed by atoms with van der Waals surface area (Å²) < 4.78 is 14.3. The Morgan fingerprint density at radius 3 is 2.39 bits per heavy atom. The van der Waals surface area contributed by atoms with Gasteiger partial charge in [-0.3, -0.25) is 19.3 Å². The predicted molar refractivity (Wildman–Crippen MR) is 138 cm³/mol. The Labute approximate surface area is 213 Å². The number of benzene rings is 2. The van der Waals surface area contributed by atoms with Gasteiger partial charge in [-0.25, -0.2) is 0 Å². The summed E-state index contributed by atoms with van der Waals surface area (Å²) in [5.74, 6) is -1.25. The van der Waals surface area contributed by atoms with Gasteiger partial charge in [0.05, 0.1) is 19.4 Å². The summed E-state index contributed by atoms with van der Waals surface area (Å²) >= 11 is 0.762. The molecule has 0 aliphatic carbocycles. The lowest BCUT2D eigenvalue weighted by molar-refractivity contribution is -0.122. The molecule has 190 valence electrons.